The van der Waals surface area contributed by atoms with Gasteiger partial charge in [0.25, 0.3) is 5.56 Å². The lowest BCUT2D eigenvalue weighted by Crippen LogP contribution is -2.23. The van der Waals surface area contributed by atoms with Crippen molar-refractivity contribution in [3.63, 3.8) is 0 Å². The molecule has 0 aliphatic carbocycles. The number of nitrogens with one attached hydrogen (secondary N) is 1. The maximum Gasteiger partial charge on any atom is 0.277 e. The zero-order valence-corrected chi connectivity index (χ0v) is 12.7. The van der Waals surface area contributed by atoms with Gasteiger partial charge in [0.15, 0.2) is 5.65 Å². The first-order valence-corrected chi connectivity index (χ1v) is 7.38. The van der Waals surface area contributed by atoms with Gasteiger partial charge in [0.2, 0.25) is 0 Å². The van der Waals surface area contributed by atoms with Gasteiger partial charge < -0.3 is 9.72 Å². The van der Waals surface area contributed by atoms with E-state index in [1.807, 2.05) is 43.3 Å². The molecule has 23 heavy (non-hydrogen) atoms. The first kappa shape index (κ1) is 15.0. The summed E-state index contributed by atoms with van der Waals surface area (Å²) in [4.78, 5) is 15.6. The van der Waals surface area contributed by atoms with Crippen molar-refractivity contribution in [2.45, 2.75) is 26.6 Å². The van der Waals surface area contributed by atoms with Crippen molar-refractivity contribution in [2.75, 3.05) is 0 Å². The molecule has 0 radical (unpaired) electrons. The van der Waals surface area contributed by atoms with E-state index in [-0.39, 0.29) is 12.2 Å². The highest BCUT2D eigenvalue weighted by Gasteiger charge is 2.14. The molecule has 0 aliphatic rings. The molecule has 0 bridgehead atoms. The van der Waals surface area contributed by atoms with Crippen LogP contribution in [0.1, 0.15) is 29.3 Å². The van der Waals surface area contributed by atoms with Crippen LogP contribution in [0.25, 0.3) is 5.65 Å². The predicted octanol–water partition coefficient (Wildman–Crippen LogP) is 2.17. The van der Waals surface area contributed by atoms with Gasteiger partial charge in [-0.05, 0) is 12.0 Å². The normalized spacial score (nSPS) is 10.8. The van der Waals surface area contributed by atoms with Crippen molar-refractivity contribution < 1.29 is 4.74 Å². The number of hydrogen-bond acceptors (Lipinski definition) is 4. The lowest BCUT2D eigenvalue weighted by atomic mass is 10.2. The number of ether oxygens (including phenoxy) is 1. The second-order valence-electron chi connectivity index (χ2n) is 5.15. The van der Waals surface area contributed by atoms with Crippen LogP contribution in [-0.2, 0) is 24.4 Å². The van der Waals surface area contributed by atoms with Crippen LogP contribution in [0.15, 0.2) is 41.3 Å². The minimum atomic E-state index is -0.207. The number of hydrogen-bond donors (Lipinski definition) is 1. The highest BCUT2D eigenvalue weighted by atomic mass is 16.5. The highest BCUT2D eigenvalue weighted by Crippen LogP contribution is 2.11. The molecule has 0 spiro atoms. The Kier molecular flexibility index (Phi) is 4.22. The summed E-state index contributed by atoms with van der Waals surface area (Å²) in [7, 11) is 0. The summed E-state index contributed by atoms with van der Waals surface area (Å²) < 4.78 is 6.95. The molecule has 6 heteroatoms. The fourth-order valence-electron chi connectivity index (χ4n) is 2.51. The largest absolute Gasteiger partial charge is 0.371 e. The van der Waals surface area contributed by atoms with Crippen molar-refractivity contribution in [3.8, 4) is 6.07 Å². The van der Waals surface area contributed by atoms with Gasteiger partial charge in [0.05, 0.1) is 25.1 Å². The monoisotopic (exact) mass is 308 g/mol. The van der Waals surface area contributed by atoms with E-state index in [9.17, 15) is 4.79 Å². The van der Waals surface area contributed by atoms with E-state index in [0.717, 1.165) is 5.56 Å². The Morgan fingerprint density at radius 1 is 1.30 bits per heavy atom. The van der Waals surface area contributed by atoms with Gasteiger partial charge in [0, 0.05) is 5.56 Å². The molecule has 1 N–H and O–H groups in total. The first-order chi connectivity index (χ1) is 11.2. The van der Waals surface area contributed by atoms with Crippen molar-refractivity contribution in [2.24, 2.45) is 0 Å². The van der Waals surface area contributed by atoms with Gasteiger partial charge in [-0.1, -0.05) is 37.3 Å². The number of aromatic amines is 1. The van der Waals surface area contributed by atoms with Crippen LogP contribution in [0.4, 0.5) is 0 Å². The quantitative estimate of drug-likeness (QED) is 0.783. The summed E-state index contributed by atoms with van der Waals surface area (Å²) >= 11 is 0. The number of H-pyrrole nitrogens is 1. The summed E-state index contributed by atoms with van der Waals surface area (Å²) in [5.41, 5.74) is 2.93. The van der Waals surface area contributed by atoms with E-state index in [1.54, 1.807) is 0 Å². The summed E-state index contributed by atoms with van der Waals surface area (Å²) in [6.07, 6.45) is 1.96. The average Bonchev–Trinajstić information content (AvgIpc) is 2.99. The Morgan fingerprint density at radius 3 is 2.78 bits per heavy atom. The van der Waals surface area contributed by atoms with Crippen molar-refractivity contribution >= 4 is 5.65 Å². The van der Waals surface area contributed by atoms with E-state index in [1.165, 1.54) is 10.7 Å². The second-order valence-corrected chi connectivity index (χ2v) is 5.15. The maximum atomic E-state index is 12.5. The summed E-state index contributed by atoms with van der Waals surface area (Å²) in [6, 6.07) is 11.9. The molecule has 0 amide bonds. The fourth-order valence-corrected chi connectivity index (χ4v) is 2.51. The van der Waals surface area contributed by atoms with E-state index in [4.69, 9.17) is 10.00 Å². The van der Waals surface area contributed by atoms with Crippen LogP contribution in [-0.4, -0.2) is 14.6 Å². The molecule has 0 unspecified atom stereocenters. The number of nitrogens with zero attached hydrogens (tertiary/aromatic N) is 3. The summed E-state index contributed by atoms with van der Waals surface area (Å²) in [5.74, 6) is 0. The van der Waals surface area contributed by atoms with Crippen molar-refractivity contribution in [3.05, 3.63) is 69.3 Å². The Morgan fingerprint density at radius 2 is 2.09 bits per heavy atom. The zero-order valence-electron chi connectivity index (χ0n) is 12.7. The predicted molar refractivity (Wildman–Crippen MR) is 84.8 cm³/mol. The van der Waals surface area contributed by atoms with Crippen molar-refractivity contribution in [1.82, 2.24) is 14.6 Å². The van der Waals surface area contributed by atoms with Crippen LogP contribution in [0.3, 0.4) is 0 Å². The minimum absolute atomic E-state index is 0.207. The van der Waals surface area contributed by atoms with Crippen LogP contribution >= 0.6 is 0 Å². The Bertz CT molecular complexity index is 919. The number of rotatable bonds is 5. The topological polar surface area (TPSA) is 83.2 Å². The second kappa shape index (κ2) is 6.46. The molecule has 0 saturated heterocycles. The van der Waals surface area contributed by atoms with E-state index < -0.39 is 0 Å². The standard InChI is InChI=1S/C17H16N4O2/c1-2-14-15(11-23-10-12-6-4-3-5-7-12)20-16-13(8-18)9-19-21(16)17(14)22/h3-7,9,20H,2,10-11H2,1H3. The summed E-state index contributed by atoms with van der Waals surface area (Å²) in [5, 5.41) is 13.1. The molecule has 0 aliphatic heterocycles. The van der Waals surface area contributed by atoms with Gasteiger partial charge in [-0.15, -0.1) is 0 Å². The molecule has 6 nitrogen and oxygen atoms in total. The minimum Gasteiger partial charge on any atom is -0.371 e. The van der Waals surface area contributed by atoms with E-state index in [0.29, 0.717) is 35.5 Å². The fraction of sp³-hybridized carbons (Fsp3) is 0.235. The Labute approximate surface area is 133 Å². The maximum absolute atomic E-state index is 12.5. The highest BCUT2D eigenvalue weighted by molar-refractivity contribution is 5.54. The SMILES string of the molecule is CCc1c(COCc2ccccc2)[nH]c2c(C#N)cnn2c1=O. The molecule has 3 aromatic rings. The van der Waals surface area contributed by atoms with Gasteiger partial charge in [0.1, 0.15) is 11.6 Å². The third kappa shape index (κ3) is 2.87. The van der Waals surface area contributed by atoms with Gasteiger partial charge >= 0.3 is 0 Å². The van der Waals surface area contributed by atoms with E-state index >= 15 is 0 Å². The molecule has 1 aromatic carbocycles. The number of nitriles is 1. The van der Waals surface area contributed by atoms with Crippen LogP contribution in [0, 0.1) is 11.3 Å². The number of fused-ring (bicyclic) bond motifs is 1. The van der Waals surface area contributed by atoms with Crippen LogP contribution in [0.2, 0.25) is 0 Å². The van der Waals surface area contributed by atoms with Gasteiger partial charge in [-0.2, -0.15) is 14.9 Å². The van der Waals surface area contributed by atoms with Crippen LogP contribution < -0.4 is 5.56 Å². The number of benzene rings is 1. The molecule has 0 fully saturated rings. The number of aromatic nitrogens is 3. The van der Waals surface area contributed by atoms with Gasteiger partial charge in [-0.3, -0.25) is 4.79 Å². The van der Waals surface area contributed by atoms with E-state index in [2.05, 4.69) is 10.1 Å². The molecule has 0 atom stereocenters. The third-order valence-corrected chi connectivity index (χ3v) is 3.69. The molecule has 2 heterocycles. The molecular formula is C17H16N4O2. The smallest absolute Gasteiger partial charge is 0.277 e. The average molecular weight is 308 g/mol. The summed E-state index contributed by atoms with van der Waals surface area (Å²) in [6.45, 7) is 2.65. The van der Waals surface area contributed by atoms with Gasteiger partial charge in [-0.25, -0.2) is 0 Å². The third-order valence-electron chi connectivity index (χ3n) is 3.69. The zero-order chi connectivity index (χ0) is 16.2. The molecule has 2 aromatic heterocycles. The molecule has 3 rings (SSSR count). The molecule has 0 saturated carbocycles. The Balaban J connectivity index is 1.90. The lowest BCUT2D eigenvalue weighted by Gasteiger charge is -2.10. The first-order valence-electron chi connectivity index (χ1n) is 7.38. The molecule has 116 valence electrons. The van der Waals surface area contributed by atoms with Crippen LogP contribution in [0.5, 0.6) is 0 Å². The lowest BCUT2D eigenvalue weighted by molar-refractivity contribution is 0.104. The Hall–Kier alpha value is -2.91. The van der Waals surface area contributed by atoms with Crippen molar-refractivity contribution in [1.29, 1.82) is 5.26 Å². The molecular weight excluding hydrogens is 292 g/mol.